The fraction of sp³-hybridized carbons (Fsp3) is 0.350. The molecule has 146 valence electrons. The molecule has 0 unspecified atom stereocenters. The minimum atomic E-state index is -3.02. The van der Waals surface area contributed by atoms with Gasteiger partial charge in [0.25, 0.3) is 0 Å². The number of sulfone groups is 1. The van der Waals surface area contributed by atoms with E-state index in [-0.39, 0.29) is 11.6 Å². The summed E-state index contributed by atoms with van der Waals surface area (Å²) < 4.78 is 35.8. The van der Waals surface area contributed by atoms with Crippen molar-refractivity contribution in [1.29, 1.82) is 0 Å². The summed E-state index contributed by atoms with van der Waals surface area (Å²) >= 11 is 0. The van der Waals surface area contributed by atoms with E-state index in [4.69, 9.17) is 0 Å². The minimum absolute atomic E-state index is 0.0483. The molecule has 2 N–H and O–H groups in total. The number of aryl methyl sites for hydroxylation is 1. The molecular formula is C20H26FN3O2S. The van der Waals surface area contributed by atoms with Crippen LogP contribution in [0.25, 0.3) is 0 Å². The predicted octanol–water partition coefficient (Wildman–Crippen LogP) is 2.59. The normalized spacial score (nSPS) is 12.1. The highest BCUT2D eigenvalue weighted by atomic mass is 32.2. The van der Waals surface area contributed by atoms with Crippen LogP contribution in [0.2, 0.25) is 0 Å². The van der Waals surface area contributed by atoms with E-state index < -0.39 is 9.84 Å². The van der Waals surface area contributed by atoms with Crippen LogP contribution in [-0.2, 0) is 28.6 Å². The SMILES string of the molecule is CN=C(NCCc1ccc(F)cc1C)NCc1ccc(CS(C)(=O)=O)cc1. The number of nitrogens with one attached hydrogen (secondary N) is 2. The first-order valence-corrected chi connectivity index (χ1v) is 10.8. The Morgan fingerprint density at radius 3 is 2.33 bits per heavy atom. The van der Waals surface area contributed by atoms with Gasteiger partial charge in [0.2, 0.25) is 0 Å². The molecule has 0 radical (unpaired) electrons. The molecule has 0 saturated carbocycles. The van der Waals surface area contributed by atoms with Crippen LogP contribution in [-0.4, -0.2) is 34.2 Å². The fourth-order valence-corrected chi connectivity index (χ4v) is 3.52. The van der Waals surface area contributed by atoms with Crippen molar-refractivity contribution in [3.8, 4) is 0 Å². The standard InChI is InChI=1S/C20H26FN3O2S/c1-15-12-19(21)9-8-18(15)10-11-23-20(22-2)24-13-16-4-6-17(7-5-16)14-27(3,25)26/h4-9,12H,10-11,13-14H2,1-3H3,(H2,22,23,24). The van der Waals surface area contributed by atoms with Gasteiger partial charge in [-0.3, -0.25) is 4.99 Å². The van der Waals surface area contributed by atoms with Gasteiger partial charge < -0.3 is 10.6 Å². The summed E-state index contributed by atoms with van der Waals surface area (Å²) in [6.07, 6.45) is 2.00. The first kappa shape index (κ1) is 20.9. The maximum absolute atomic E-state index is 13.1. The molecule has 27 heavy (non-hydrogen) atoms. The van der Waals surface area contributed by atoms with E-state index in [9.17, 15) is 12.8 Å². The molecule has 0 spiro atoms. The van der Waals surface area contributed by atoms with E-state index in [0.717, 1.165) is 28.7 Å². The summed E-state index contributed by atoms with van der Waals surface area (Å²) in [6.45, 7) is 3.16. The number of aliphatic imine (C=N–C) groups is 1. The van der Waals surface area contributed by atoms with Gasteiger partial charge in [0.1, 0.15) is 5.82 Å². The average Bonchev–Trinajstić information content (AvgIpc) is 2.59. The van der Waals surface area contributed by atoms with Gasteiger partial charge in [-0.25, -0.2) is 12.8 Å². The quantitative estimate of drug-likeness (QED) is 0.562. The Kier molecular flexibility index (Phi) is 7.36. The van der Waals surface area contributed by atoms with E-state index in [2.05, 4.69) is 15.6 Å². The Labute approximate surface area is 160 Å². The summed E-state index contributed by atoms with van der Waals surface area (Å²) in [5.74, 6) is 0.506. The number of hydrogen-bond acceptors (Lipinski definition) is 3. The highest BCUT2D eigenvalue weighted by Gasteiger charge is 2.05. The highest BCUT2D eigenvalue weighted by Crippen LogP contribution is 2.10. The molecule has 0 saturated heterocycles. The van der Waals surface area contributed by atoms with E-state index >= 15 is 0 Å². The molecule has 0 bridgehead atoms. The molecular weight excluding hydrogens is 365 g/mol. The van der Waals surface area contributed by atoms with Gasteiger partial charge in [0.05, 0.1) is 5.75 Å². The van der Waals surface area contributed by atoms with Crippen molar-refractivity contribution in [3.05, 3.63) is 70.5 Å². The Balaban J connectivity index is 1.81. The number of hydrogen-bond donors (Lipinski definition) is 2. The Bertz CT molecular complexity index is 894. The maximum atomic E-state index is 13.1. The first-order valence-electron chi connectivity index (χ1n) is 8.72. The zero-order valence-electron chi connectivity index (χ0n) is 15.9. The lowest BCUT2D eigenvalue weighted by Gasteiger charge is -2.13. The van der Waals surface area contributed by atoms with Crippen molar-refractivity contribution in [2.24, 2.45) is 4.99 Å². The molecule has 2 rings (SSSR count). The Hall–Kier alpha value is -2.41. The minimum Gasteiger partial charge on any atom is -0.356 e. The van der Waals surface area contributed by atoms with Gasteiger partial charge in [-0.05, 0) is 47.7 Å². The topological polar surface area (TPSA) is 70.6 Å². The smallest absolute Gasteiger partial charge is 0.191 e. The van der Waals surface area contributed by atoms with Gasteiger partial charge >= 0.3 is 0 Å². The van der Waals surface area contributed by atoms with Crippen LogP contribution < -0.4 is 10.6 Å². The second kappa shape index (κ2) is 9.50. The summed E-state index contributed by atoms with van der Waals surface area (Å²) in [5.41, 5.74) is 3.85. The molecule has 0 aliphatic carbocycles. The van der Waals surface area contributed by atoms with Gasteiger partial charge in [0.15, 0.2) is 15.8 Å². The Morgan fingerprint density at radius 2 is 1.74 bits per heavy atom. The second-order valence-corrected chi connectivity index (χ2v) is 8.70. The molecule has 2 aromatic rings. The van der Waals surface area contributed by atoms with Crippen LogP contribution in [0, 0.1) is 12.7 Å². The molecule has 0 aliphatic rings. The third kappa shape index (κ3) is 7.38. The largest absolute Gasteiger partial charge is 0.356 e. The number of halogens is 1. The molecule has 7 heteroatoms. The second-order valence-electron chi connectivity index (χ2n) is 6.56. The van der Waals surface area contributed by atoms with Gasteiger partial charge in [0, 0.05) is 26.4 Å². The molecule has 5 nitrogen and oxygen atoms in total. The van der Waals surface area contributed by atoms with Crippen LogP contribution >= 0.6 is 0 Å². The monoisotopic (exact) mass is 391 g/mol. The first-order chi connectivity index (χ1) is 12.8. The molecule has 0 heterocycles. The number of guanidine groups is 1. The molecule has 0 aromatic heterocycles. The summed E-state index contributed by atoms with van der Waals surface area (Å²) in [7, 11) is -1.32. The maximum Gasteiger partial charge on any atom is 0.191 e. The lowest BCUT2D eigenvalue weighted by molar-refractivity contribution is 0.601. The third-order valence-electron chi connectivity index (χ3n) is 4.13. The van der Waals surface area contributed by atoms with E-state index in [1.165, 1.54) is 18.4 Å². The molecule has 0 amide bonds. The van der Waals surface area contributed by atoms with Gasteiger partial charge in [-0.2, -0.15) is 0 Å². The summed E-state index contributed by atoms with van der Waals surface area (Å²) in [4.78, 5) is 4.19. The van der Waals surface area contributed by atoms with E-state index in [1.54, 1.807) is 13.1 Å². The third-order valence-corrected chi connectivity index (χ3v) is 4.98. The molecule has 0 aliphatic heterocycles. The molecule has 0 atom stereocenters. The van der Waals surface area contributed by atoms with Crippen molar-refractivity contribution < 1.29 is 12.8 Å². The Morgan fingerprint density at radius 1 is 1.07 bits per heavy atom. The average molecular weight is 392 g/mol. The van der Waals surface area contributed by atoms with Crippen LogP contribution in [0.1, 0.15) is 22.3 Å². The van der Waals surface area contributed by atoms with E-state index in [0.29, 0.717) is 19.0 Å². The van der Waals surface area contributed by atoms with Crippen molar-refractivity contribution in [2.45, 2.75) is 25.6 Å². The van der Waals surface area contributed by atoms with Crippen molar-refractivity contribution in [1.82, 2.24) is 10.6 Å². The summed E-state index contributed by atoms with van der Waals surface area (Å²) in [5, 5.41) is 6.46. The van der Waals surface area contributed by atoms with Crippen LogP contribution in [0.5, 0.6) is 0 Å². The van der Waals surface area contributed by atoms with Gasteiger partial charge in [-0.15, -0.1) is 0 Å². The number of rotatable bonds is 7. The lowest BCUT2D eigenvalue weighted by atomic mass is 10.1. The van der Waals surface area contributed by atoms with Crippen LogP contribution in [0.15, 0.2) is 47.5 Å². The number of nitrogens with zero attached hydrogens (tertiary/aromatic N) is 1. The van der Waals surface area contributed by atoms with Crippen molar-refractivity contribution in [3.63, 3.8) is 0 Å². The zero-order valence-corrected chi connectivity index (χ0v) is 16.7. The zero-order chi connectivity index (χ0) is 19.9. The fourth-order valence-electron chi connectivity index (χ4n) is 2.72. The highest BCUT2D eigenvalue weighted by molar-refractivity contribution is 7.89. The number of benzene rings is 2. The molecule has 0 fully saturated rings. The lowest BCUT2D eigenvalue weighted by Crippen LogP contribution is -2.37. The molecule has 2 aromatic carbocycles. The van der Waals surface area contributed by atoms with Crippen molar-refractivity contribution in [2.75, 3.05) is 19.8 Å². The van der Waals surface area contributed by atoms with Gasteiger partial charge in [-0.1, -0.05) is 30.3 Å². The predicted molar refractivity (Wildman–Crippen MR) is 108 cm³/mol. The van der Waals surface area contributed by atoms with Crippen LogP contribution in [0.4, 0.5) is 4.39 Å². The van der Waals surface area contributed by atoms with Crippen LogP contribution in [0.3, 0.4) is 0 Å². The van der Waals surface area contributed by atoms with E-state index in [1.807, 2.05) is 31.2 Å². The van der Waals surface area contributed by atoms with Crippen molar-refractivity contribution >= 4 is 15.8 Å². The summed E-state index contributed by atoms with van der Waals surface area (Å²) in [6, 6.07) is 12.3.